The van der Waals surface area contributed by atoms with Crippen LogP contribution in [0.3, 0.4) is 0 Å². The van der Waals surface area contributed by atoms with Crippen molar-refractivity contribution in [3.63, 3.8) is 0 Å². The molecule has 212 valence electrons. The molecule has 0 aliphatic heterocycles. The molecule has 2 aromatic rings. The van der Waals surface area contributed by atoms with Crippen LogP contribution in [0.5, 0.6) is 23.0 Å². The lowest BCUT2D eigenvalue weighted by Gasteiger charge is -2.25. The van der Waals surface area contributed by atoms with Gasteiger partial charge >= 0.3 is 19.8 Å². The summed E-state index contributed by atoms with van der Waals surface area (Å²) in [7, 11) is 0.579. The number of carbonyl (C=O) groups excluding carboxylic acids is 2. The minimum Gasteiger partial charge on any atom is -0.496 e. The number of benzene rings is 2. The van der Waals surface area contributed by atoms with Gasteiger partial charge in [-0.25, -0.2) is 14.2 Å². The van der Waals surface area contributed by atoms with E-state index in [1.807, 2.05) is 27.7 Å². The highest BCUT2D eigenvalue weighted by Gasteiger charge is 2.40. The van der Waals surface area contributed by atoms with Crippen LogP contribution in [0.1, 0.15) is 54.8 Å². The Morgan fingerprint density at radius 2 is 1.11 bits per heavy atom. The van der Waals surface area contributed by atoms with Crippen LogP contribution < -0.4 is 18.9 Å². The molecule has 0 saturated heterocycles. The van der Waals surface area contributed by atoms with Crippen molar-refractivity contribution in [1.29, 1.82) is 0 Å². The Labute approximate surface area is 223 Å². The van der Waals surface area contributed by atoms with Gasteiger partial charge in [-0.3, -0.25) is 4.52 Å². The summed E-state index contributed by atoms with van der Waals surface area (Å²) >= 11 is 0. The van der Waals surface area contributed by atoms with Gasteiger partial charge in [0.25, 0.3) is 0 Å². The van der Waals surface area contributed by atoms with Crippen LogP contribution in [0.15, 0.2) is 36.4 Å². The van der Waals surface area contributed by atoms with Crippen LogP contribution >= 0.6 is 7.82 Å². The average Bonchev–Trinajstić information content (AvgIpc) is 2.85. The van der Waals surface area contributed by atoms with Crippen LogP contribution in [-0.4, -0.2) is 52.5 Å². The molecule has 0 aromatic heterocycles. The molecular formula is C26H37O11P. The Morgan fingerprint density at radius 1 is 0.763 bits per heavy atom. The number of methoxy groups -OCH3 is 4. The Morgan fingerprint density at radius 3 is 1.39 bits per heavy atom. The van der Waals surface area contributed by atoms with Gasteiger partial charge in [0.15, 0.2) is 0 Å². The SMILES string of the molecule is COc1cccc(OC)c1C(=O)OP(=O)(OCC(C)CC(C)(C)C)OC(=O)c1c(OC)cccc1OC.O. The lowest BCUT2D eigenvalue weighted by Crippen LogP contribution is -2.18. The third-order valence-electron chi connectivity index (χ3n) is 5.13. The third kappa shape index (κ3) is 8.65. The van der Waals surface area contributed by atoms with Crippen molar-refractivity contribution < 1.29 is 52.1 Å². The van der Waals surface area contributed by atoms with Crippen LogP contribution in [-0.2, 0) is 18.1 Å². The lowest BCUT2D eigenvalue weighted by molar-refractivity contribution is 0.0481. The average molecular weight is 557 g/mol. The van der Waals surface area contributed by atoms with Crippen LogP contribution in [0, 0.1) is 11.3 Å². The second-order valence-electron chi connectivity index (χ2n) is 9.45. The quantitative estimate of drug-likeness (QED) is 0.323. The standard InChI is InChI=1S/C26H35O10P.H2O/c1-17(15-26(2,3)4)16-34-37(29,35-24(27)22-18(30-5)11-9-12-19(22)31-6)36-25(28)23-20(32-7)13-10-14-21(23)33-8;/h9-14,17H,15-16H2,1-8H3;1H2. The molecule has 0 aliphatic rings. The highest BCUT2D eigenvalue weighted by atomic mass is 31.2. The van der Waals surface area contributed by atoms with E-state index in [1.165, 1.54) is 52.7 Å². The molecule has 38 heavy (non-hydrogen) atoms. The smallest absolute Gasteiger partial charge is 0.496 e. The molecule has 2 rings (SSSR count). The maximum Gasteiger partial charge on any atom is 0.592 e. The van der Waals surface area contributed by atoms with E-state index in [2.05, 4.69) is 0 Å². The van der Waals surface area contributed by atoms with Crippen molar-refractivity contribution in [2.75, 3.05) is 35.0 Å². The summed E-state index contributed by atoms with van der Waals surface area (Å²) in [5, 5.41) is 0. The Balaban J connectivity index is 0.00000722. The van der Waals surface area contributed by atoms with E-state index in [0.717, 1.165) is 0 Å². The van der Waals surface area contributed by atoms with Gasteiger partial charge in [-0.2, -0.15) is 0 Å². The normalized spacial score (nSPS) is 12.0. The van der Waals surface area contributed by atoms with E-state index in [9.17, 15) is 14.2 Å². The molecule has 12 heteroatoms. The first-order valence-electron chi connectivity index (χ1n) is 11.5. The number of hydrogen-bond donors (Lipinski definition) is 0. The topological polar surface area (TPSA) is 147 Å². The van der Waals surface area contributed by atoms with E-state index in [4.69, 9.17) is 32.5 Å². The molecule has 2 N–H and O–H groups in total. The summed E-state index contributed by atoms with van der Waals surface area (Å²) in [6.45, 7) is 7.91. The summed E-state index contributed by atoms with van der Waals surface area (Å²) in [5.74, 6) is -1.93. The molecule has 0 bridgehead atoms. The number of phosphoric acid groups is 1. The predicted molar refractivity (Wildman–Crippen MR) is 140 cm³/mol. The number of rotatable bonds is 12. The van der Waals surface area contributed by atoms with Crippen LogP contribution in [0.25, 0.3) is 0 Å². The first-order valence-corrected chi connectivity index (χ1v) is 13.0. The maximum absolute atomic E-state index is 13.8. The van der Waals surface area contributed by atoms with Crippen molar-refractivity contribution in [3.8, 4) is 23.0 Å². The molecule has 1 atom stereocenters. The molecular weight excluding hydrogens is 519 g/mol. The molecule has 0 radical (unpaired) electrons. The van der Waals surface area contributed by atoms with Crippen molar-refractivity contribution in [2.24, 2.45) is 11.3 Å². The number of hydrogen-bond acceptors (Lipinski definition) is 10. The maximum atomic E-state index is 13.8. The van der Waals surface area contributed by atoms with Crippen molar-refractivity contribution in [1.82, 2.24) is 0 Å². The largest absolute Gasteiger partial charge is 0.592 e. The summed E-state index contributed by atoms with van der Waals surface area (Å²) in [4.78, 5) is 26.4. The molecule has 0 aliphatic carbocycles. The van der Waals surface area contributed by atoms with Gasteiger partial charge in [0.05, 0.1) is 35.0 Å². The first kappa shape index (κ1) is 32.8. The fraction of sp³-hybridized carbons (Fsp3) is 0.462. The zero-order chi connectivity index (χ0) is 27.8. The molecule has 1 unspecified atom stereocenters. The zero-order valence-electron chi connectivity index (χ0n) is 23.0. The molecule has 0 spiro atoms. The minimum absolute atomic E-state index is 0. The van der Waals surface area contributed by atoms with Gasteiger partial charge in [-0.05, 0) is 42.0 Å². The Kier molecular flexibility index (Phi) is 12.1. The predicted octanol–water partition coefficient (Wildman–Crippen LogP) is 5.11. The number of phosphoric ester groups is 1. The first-order chi connectivity index (χ1) is 17.4. The van der Waals surface area contributed by atoms with Gasteiger partial charge in [0, 0.05) is 0 Å². The summed E-state index contributed by atoms with van der Waals surface area (Å²) < 4.78 is 50.7. The van der Waals surface area contributed by atoms with E-state index in [1.54, 1.807) is 12.1 Å². The van der Waals surface area contributed by atoms with E-state index >= 15 is 0 Å². The molecule has 0 heterocycles. The van der Waals surface area contributed by atoms with Crippen molar-refractivity contribution >= 4 is 19.8 Å². The van der Waals surface area contributed by atoms with Gasteiger partial charge in [-0.1, -0.05) is 39.8 Å². The van der Waals surface area contributed by atoms with Crippen molar-refractivity contribution in [2.45, 2.75) is 34.1 Å². The highest BCUT2D eigenvalue weighted by molar-refractivity contribution is 7.49. The van der Waals surface area contributed by atoms with Gasteiger partial charge in [0.2, 0.25) is 0 Å². The molecule has 2 aromatic carbocycles. The van der Waals surface area contributed by atoms with E-state index in [0.29, 0.717) is 6.42 Å². The Bertz CT molecular complexity index is 1020. The third-order valence-corrected chi connectivity index (χ3v) is 6.38. The van der Waals surface area contributed by atoms with E-state index in [-0.39, 0.29) is 57.5 Å². The van der Waals surface area contributed by atoms with E-state index < -0.39 is 19.8 Å². The highest BCUT2D eigenvalue weighted by Crippen LogP contribution is 2.53. The van der Waals surface area contributed by atoms with Crippen molar-refractivity contribution in [3.05, 3.63) is 47.5 Å². The summed E-state index contributed by atoms with van der Waals surface area (Å²) in [5.41, 5.74) is -0.342. The minimum atomic E-state index is -4.82. The summed E-state index contributed by atoms with van der Waals surface area (Å²) in [6, 6.07) is 9.22. The number of carbonyl (C=O) groups is 2. The van der Waals surface area contributed by atoms with Crippen LogP contribution in [0.4, 0.5) is 0 Å². The van der Waals surface area contributed by atoms with Gasteiger partial charge in [0.1, 0.15) is 34.1 Å². The molecule has 11 nitrogen and oxygen atoms in total. The second kappa shape index (κ2) is 14.0. The molecule has 0 amide bonds. The van der Waals surface area contributed by atoms with Gasteiger partial charge in [-0.15, -0.1) is 0 Å². The zero-order valence-corrected chi connectivity index (χ0v) is 23.9. The fourth-order valence-electron chi connectivity index (χ4n) is 3.79. The lowest BCUT2D eigenvalue weighted by atomic mass is 9.86. The summed E-state index contributed by atoms with van der Waals surface area (Å²) in [6.07, 6.45) is 0.704. The fourth-order valence-corrected chi connectivity index (χ4v) is 4.96. The second-order valence-corrected chi connectivity index (χ2v) is 11.0. The number of ether oxygens (including phenoxy) is 4. The molecule has 0 fully saturated rings. The van der Waals surface area contributed by atoms with Crippen LogP contribution in [0.2, 0.25) is 0 Å². The Hall–Kier alpha value is -3.27. The monoisotopic (exact) mass is 556 g/mol. The van der Waals surface area contributed by atoms with Gasteiger partial charge < -0.3 is 33.5 Å². The molecule has 0 saturated carbocycles.